The van der Waals surface area contributed by atoms with E-state index in [9.17, 15) is 4.39 Å². The van der Waals surface area contributed by atoms with Crippen LogP contribution >= 0.6 is 11.6 Å². The minimum absolute atomic E-state index is 0.236. The summed E-state index contributed by atoms with van der Waals surface area (Å²) in [6.45, 7) is 4.89. The highest BCUT2D eigenvalue weighted by molar-refractivity contribution is 6.30. The minimum atomic E-state index is -0.236. The van der Waals surface area contributed by atoms with Crippen LogP contribution in [0.5, 0.6) is 0 Å². The first-order valence-electron chi connectivity index (χ1n) is 9.87. The summed E-state index contributed by atoms with van der Waals surface area (Å²) in [4.78, 5) is 4.62. The van der Waals surface area contributed by atoms with Crippen LogP contribution in [-0.4, -0.2) is 42.0 Å². The molecule has 1 saturated heterocycles. The maximum absolute atomic E-state index is 13.6. The molecule has 2 N–H and O–H groups in total. The molecule has 1 aromatic carbocycles. The van der Waals surface area contributed by atoms with Gasteiger partial charge in [0, 0.05) is 49.2 Å². The van der Waals surface area contributed by atoms with Crippen molar-refractivity contribution in [2.24, 2.45) is 0 Å². The number of benzene rings is 1. The molecule has 0 spiro atoms. The summed E-state index contributed by atoms with van der Waals surface area (Å²) in [6, 6.07) is 8.59. The molecule has 3 aliphatic heterocycles. The van der Waals surface area contributed by atoms with Crippen LogP contribution in [0.1, 0.15) is 18.4 Å². The Bertz CT molecular complexity index is 804. The fourth-order valence-corrected chi connectivity index (χ4v) is 3.96. The van der Waals surface area contributed by atoms with E-state index in [2.05, 4.69) is 32.6 Å². The van der Waals surface area contributed by atoms with Crippen molar-refractivity contribution in [2.75, 3.05) is 26.2 Å². The molecule has 4 rings (SSSR count). The van der Waals surface area contributed by atoms with Crippen molar-refractivity contribution in [2.45, 2.75) is 25.4 Å². The topological polar surface area (TPSA) is 30.5 Å². The Morgan fingerprint density at radius 2 is 1.93 bits per heavy atom. The maximum atomic E-state index is 13.6. The summed E-state index contributed by atoms with van der Waals surface area (Å²) < 4.78 is 13.6. The Hall–Kier alpha value is -2.08. The molecule has 148 valence electrons. The highest BCUT2D eigenvalue weighted by atomic mass is 35.5. The van der Waals surface area contributed by atoms with Crippen LogP contribution in [0.4, 0.5) is 4.39 Å². The molecule has 0 saturated carbocycles. The number of halogens is 2. The Balaban J connectivity index is 1.21. The van der Waals surface area contributed by atoms with E-state index in [0.717, 1.165) is 62.0 Å². The fourth-order valence-electron chi connectivity index (χ4n) is 3.83. The molecule has 1 aromatic rings. The van der Waals surface area contributed by atoms with Crippen LogP contribution in [0.2, 0.25) is 5.02 Å². The van der Waals surface area contributed by atoms with Crippen LogP contribution in [-0.2, 0) is 6.54 Å². The van der Waals surface area contributed by atoms with Gasteiger partial charge in [-0.25, -0.2) is 4.39 Å². The third-order valence-corrected chi connectivity index (χ3v) is 5.76. The quantitative estimate of drug-likeness (QED) is 0.758. The predicted octanol–water partition coefficient (Wildman–Crippen LogP) is 3.91. The Labute approximate surface area is 171 Å². The summed E-state index contributed by atoms with van der Waals surface area (Å²) in [5, 5.41) is 7.45. The molecule has 3 aliphatic rings. The van der Waals surface area contributed by atoms with Gasteiger partial charge in [0.1, 0.15) is 5.83 Å². The van der Waals surface area contributed by atoms with E-state index in [0.29, 0.717) is 6.04 Å². The molecule has 28 heavy (non-hydrogen) atoms. The lowest BCUT2D eigenvalue weighted by Crippen LogP contribution is -2.44. The lowest BCUT2D eigenvalue weighted by molar-refractivity contribution is 0.186. The fraction of sp³-hybridized carbons (Fsp3) is 0.364. The van der Waals surface area contributed by atoms with E-state index in [1.165, 1.54) is 11.8 Å². The predicted molar refractivity (Wildman–Crippen MR) is 112 cm³/mol. The average Bonchev–Trinajstić information content (AvgIpc) is 2.72. The molecule has 4 nitrogen and oxygen atoms in total. The van der Waals surface area contributed by atoms with E-state index < -0.39 is 0 Å². The number of allylic oxidation sites excluding steroid dienone is 4. The monoisotopic (exact) mass is 400 g/mol. The molecular weight excluding hydrogens is 375 g/mol. The normalized spacial score (nSPS) is 20.2. The molecule has 0 amide bonds. The molecule has 0 aliphatic carbocycles. The third-order valence-electron chi connectivity index (χ3n) is 5.51. The van der Waals surface area contributed by atoms with Crippen LogP contribution in [0.3, 0.4) is 0 Å². The second-order valence-corrected chi connectivity index (χ2v) is 7.88. The number of rotatable bonds is 6. The Kier molecular flexibility index (Phi) is 6.15. The van der Waals surface area contributed by atoms with Crippen molar-refractivity contribution in [3.8, 4) is 0 Å². The number of nitrogens with one attached hydrogen (secondary N) is 2. The van der Waals surface area contributed by atoms with Gasteiger partial charge in [-0.15, -0.1) is 0 Å². The van der Waals surface area contributed by atoms with E-state index in [1.54, 1.807) is 6.08 Å². The van der Waals surface area contributed by atoms with E-state index >= 15 is 0 Å². The second kappa shape index (κ2) is 8.95. The van der Waals surface area contributed by atoms with Crippen LogP contribution in [0.15, 0.2) is 72.1 Å². The van der Waals surface area contributed by atoms with Crippen LogP contribution in [0, 0.1) is 0 Å². The molecule has 0 atom stereocenters. The first-order chi connectivity index (χ1) is 13.7. The van der Waals surface area contributed by atoms with Crippen molar-refractivity contribution in [3.05, 3.63) is 82.7 Å². The van der Waals surface area contributed by atoms with Crippen molar-refractivity contribution in [3.63, 3.8) is 0 Å². The highest BCUT2D eigenvalue weighted by Gasteiger charge is 2.22. The van der Waals surface area contributed by atoms with Crippen molar-refractivity contribution < 1.29 is 4.39 Å². The summed E-state index contributed by atoms with van der Waals surface area (Å²) in [5.74, 6) is -0.236. The lowest BCUT2D eigenvalue weighted by Gasteiger charge is -2.35. The molecule has 0 aromatic heterocycles. The van der Waals surface area contributed by atoms with Gasteiger partial charge >= 0.3 is 0 Å². The molecule has 6 heteroatoms. The van der Waals surface area contributed by atoms with E-state index in [-0.39, 0.29) is 5.83 Å². The SMILES string of the molecule is FC1=CNC2=CC=CN(CCN3CCC(NCc4ccc(Cl)cc4)CC3)C2=C1. The summed E-state index contributed by atoms with van der Waals surface area (Å²) in [7, 11) is 0. The highest BCUT2D eigenvalue weighted by Crippen LogP contribution is 2.24. The van der Waals surface area contributed by atoms with Crippen molar-refractivity contribution in [1.82, 2.24) is 20.4 Å². The molecule has 0 radical (unpaired) electrons. The number of nitrogens with zero attached hydrogens (tertiary/aromatic N) is 2. The molecule has 3 heterocycles. The van der Waals surface area contributed by atoms with Gasteiger partial charge in [-0.2, -0.15) is 0 Å². The first kappa shape index (κ1) is 19.2. The summed E-state index contributed by atoms with van der Waals surface area (Å²) in [6.07, 6.45) is 11.3. The van der Waals surface area contributed by atoms with Crippen LogP contribution < -0.4 is 10.6 Å². The zero-order chi connectivity index (χ0) is 19.3. The van der Waals surface area contributed by atoms with Gasteiger partial charge in [0.2, 0.25) is 0 Å². The first-order valence-corrected chi connectivity index (χ1v) is 10.2. The van der Waals surface area contributed by atoms with Crippen LogP contribution in [0.25, 0.3) is 0 Å². The number of fused-ring (bicyclic) bond motifs is 1. The number of dihydropyridines is 1. The third kappa shape index (κ3) is 4.85. The van der Waals surface area contributed by atoms with Gasteiger partial charge in [0.05, 0.1) is 11.4 Å². The second-order valence-electron chi connectivity index (χ2n) is 7.44. The minimum Gasteiger partial charge on any atom is -0.357 e. The number of hydrogen-bond acceptors (Lipinski definition) is 4. The van der Waals surface area contributed by atoms with Gasteiger partial charge in [0.15, 0.2) is 0 Å². The Morgan fingerprint density at radius 1 is 1.14 bits per heavy atom. The largest absolute Gasteiger partial charge is 0.357 e. The zero-order valence-corrected chi connectivity index (χ0v) is 16.6. The van der Waals surface area contributed by atoms with Gasteiger partial charge in [-0.05, 0) is 55.8 Å². The standard InChI is InChI=1S/C22H26ClFN4/c23-18-5-3-17(4-6-18)15-25-20-7-10-27(11-8-20)12-13-28-9-1-2-21-22(28)14-19(24)16-26-21/h1-6,9,14,16,20,25-26H,7-8,10-13,15H2. The maximum Gasteiger partial charge on any atom is 0.141 e. The molecule has 1 fully saturated rings. The molecule has 0 unspecified atom stereocenters. The molecular formula is C22H26ClFN4. The number of piperidine rings is 1. The van der Waals surface area contributed by atoms with Gasteiger partial charge in [0.25, 0.3) is 0 Å². The van der Waals surface area contributed by atoms with E-state index in [1.807, 2.05) is 30.5 Å². The summed E-state index contributed by atoms with van der Waals surface area (Å²) >= 11 is 5.94. The molecule has 0 bridgehead atoms. The lowest BCUT2D eigenvalue weighted by atomic mass is 10.0. The van der Waals surface area contributed by atoms with Crippen molar-refractivity contribution >= 4 is 11.6 Å². The smallest absolute Gasteiger partial charge is 0.141 e. The Morgan fingerprint density at radius 3 is 2.71 bits per heavy atom. The van der Waals surface area contributed by atoms with E-state index in [4.69, 9.17) is 11.6 Å². The van der Waals surface area contributed by atoms with Gasteiger partial charge in [-0.3, -0.25) is 0 Å². The summed E-state index contributed by atoms with van der Waals surface area (Å²) in [5.41, 5.74) is 3.12. The number of likely N-dealkylation sites (tertiary alicyclic amines) is 1. The van der Waals surface area contributed by atoms with Gasteiger partial charge < -0.3 is 20.4 Å². The van der Waals surface area contributed by atoms with Gasteiger partial charge in [-0.1, -0.05) is 23.7 Å². The van der Waals surface area contributed by atoms with Crippen molar-refractivity contribution in [1.29, 1.82) is 0 Å². The average molecular weight is 401 g/mol. The number of hydrogen-bond donors (Lipinski definition) is 2. The zero-order valence-electron chi connectivity index (χ0n) is 15.9.